The van der Waals surface area contributed by atoms with E-state index < -0.39 is 23.2 Å². The van der Waals surface area contributed by atoms with E-state index in [4.69, 9.17) is 5.11 Å². The van der Waals surface area contributed by atoms with Gasteiger partial charge < -0.3 is 10.2 Å². The lowest BCUT2D eigenvalue weighted by Crippen LogP contribution is -2.60. The maximum atomic E-state index is 10.8. The number of carbonyl (C=O) groups is 1. The molecule has 0 heterocycles. The second-order valence-corrected chi connectivity index (χ2v) is 4.63. The van der Waals surface area contributed by atoms with Gasteiger partial charge in [0.25, 0.3) is 0 Å². The smallest absolute Gasteiger partial charge is 0.320 e. The van der Waals surface area contributed by atoms with Crippen molar-refractivity contribution in [3.8, 4) is 0 Å². The number of carboxylic acids is 1. The number of carboxylic acid groups (broad SMARTS) is 1. The maximum absolute atomic E-state index is 10.8. The molecule has 0 amide bonds. The number of aliphatic hydroxyl groups is 1. The highest BCUT2D eigenvalue weighted by Crippen LogP contribution is 2.21. The number of hydrogen-bond donors (Lipinski definition) is 3. The third-order valence-electron chi connectivity index (χ3n) is 2.77. The number of hydrogen-bond acceptors (Lipinski definition) is 3. The molecule has 0 aliphatic carbocycles. The van der Waals surface area contributed by atoms with Gasteiger partial charge in [-0.3, -0.25) is 10.1 Å². The molecule has 14 heavy (non-hydrogen) atoms. The summed E-state index contributed by atoms with van der Waals surface area (Å²) in [6.45, 7) is 8.70. The zero-order valence-electron chi connectivity index (χ0n) is 9.59. The highest BCUT2D eigenvalue weighted by atomic mass is 16.4. The average molecular weight is 203 g/mol. The fraction of sp³-hybridized carbons (Fsp3) is 0.900. The molecule has 0 rings (SSSR count). The fourth-order valence-electron chi connectivity index (χ4n) is 0.951. The lowest BCUT2D eigenvalue weighted by atomic mass is 9.85. The van der Waals surface area contributed by atoms with Gasteiger partial charge in [0, 0.05) is 5.54 Å². The first kappa shape index (κ1) is 13.4. The van der Waals surface area contributed by atoms with Crippen LogP contribution in [0.3, 0.4) is 0 Å². The van der Waals surface area contributed by atoms with Crippen molar-refractivity contribution in [2.45, 2.75) is 58.2 Å². The second-order valence-electron chi connectivity index (χ2n) is 4.63. The van der Waals surface area contributed by atoms with Crippen LogP contribution in [0.5, 0.6) is 0 Å². The van der Waals surface area contributed by atoms with Crippen LogP contribution in [0.15, 0.2) is 0 Å². The van der Waals surface area contributed by atoms with Crippen LogP contribution < -0.4 is 5.32 Å². The summed E-state index contributed by atoms with van der Waals surface area (Å²) in [4.78, 5) is 10.8. The highest BCUT2D eigenvalue weighted by molar-refractivity contribution is 5.73. The Bertz CT molecular complexity index is 206. The van der Waals surface area contributed by atoms with Crippen molar-refractivity contribution in [3.05, 3.63) is 0 Å². The van der Waals surface area contributed by atoms with Crippen LogP contribution in [0.1, 0.15) is 41.0 Å². The number of nitrogens with one attached hydrogen (secondary N) is 1. The molecule has 4 heteroatoms. The van der Waals surface area contributed by atoms with Crippen molar-refractivity contribution >= 4 is 5.97 Å². The van der Waals surface area contributed by atoms with Gasteiger partial charge in [-0.25, -0.2) is 0 Å². The van der Waals surface area contributed by atoms with Gasteiger partial charge in [-0.05, 0) is 34.1 Å². The third kappa shape index (κ3) is 3.27. The van der Waals surface area contributed by atoms with Crippen molar-refractivity contribution in [2.75, 3.05) is 0 Å². The molecule has 0 aliphatic rings. The van der Waals surface area contributed by atoms with Gasteiger partial charge in [0.1, 0.15) is 6.04 Å². The van der Waals surface area contributed by atoms with Gasteiger partial charge in [-0.1, -0.05) is 6.92 Å². The molecule has 0 fully saturated rings. The Balaban J connectivity index is 4.56. The lowest BCUT2D eigenvalue weighted by molar-refractivity contribution is -0.141. The van der Waals surface area contributed by atoms with Crippen LogP contribution in [0, 0.1) is 0 Å². The predicted octanol–water partition coefficient (Wildman–Crippen LogP) is 0.989. The zero-order valence-corrected chi connectivity index (χ0v) is 9.59. The van der Waals surface area contributed by atoms with Crippen molar-refractivity contribution in [1.82, 2.24) is 5.32 Å². The van der Waals surface area contributed by atoms with Crippen LogP contribution in [0.25, 0.3) is 0 Å². The summed E-state index contributed by atoms with van der Waals surface area (Å²) in [6.07, 6.45) is 0.495. The van der Waals surface area contributed by atoms with E-state index in [1.165, 1.54) is 0 Å². The van der Waals surface area contributed by atoms with Gasteiger partial charge in [-0.2, -0.15) is 0 Å². The normalized spacial score (nSPS) is 15.3. The molecule has 0 aromatic heterocycles. The number of rotatable bonds is 5. The molecule has 0 bridgehead atoms. The molecular weight excluding hydrogens is 182 g/mol. The van der Waals surface area contributed by atoms with E-state index in [2.05, 4.69) is 5.32 Å². The molecule has 0 saturated heterocycles. The van der Waals surface area contributed by atoms with Crippen LogP contribution in [0.2, 0.25) is 0 Å². The van der Waals surface area contributed by atoms with Crippen LogP contribution in [-0.4, -0.2) is 33.4 Å². The molecular formula is C10H21NO3. The Morgan fingerprint density at radius 2 is 1.79 bits per heavy atom. The third-order valence-corrected chi connectivity index (χ3v) is 2.77. The number of aliphatic carboxylic acids is 1. The van der Waals surface area contributed by atoms with E-state index in [9.17, 15) is 9.90 Å². The first-order valence-corrected chi connectivity index (χ1v) is 4.84. The molecule has 0 spiro atoms. The minimum absolute atomic E-state index is 0.495. The predicted molar refractivity (Wildman–Crippen MR) is 55.2 cm³/mol. The topological polar surface area (TPSA) is 69.6 Å². The first-order valence-electron chi connectivity index (χ1n) is 4.84. The van der Waals surface area contributed by atoms with E-state index >= 15 is 0 Å². The maximum Gasteiger partial charge on any atom is 0.320 e. The molecule has 1 atom stereocenters. The molecule has 0 aliphatic heterocycles. The molecule has 84 valence electrons. The fourth-order valence-corrected chi connectivity index (χ4v) is 0.951. The Morgan fingerprint density at radius 1 is 1.36 bits per heavy atom. The SMILES string of the molecule is CCC(NC(C)(C)C(C)(C)O)C(=O)O. The molecule has 3 N–H and O–H groups in total. The Kier molecular flexibility index (Phi) is 4.09. The van der Waals surface area contributed by atoms with E-state index in [0.717, 1.165) is 0 Å². The van der Waals surface area contributed by atoms with Crippen LogP contribution in [-0.2, 0) is 4.79 Å². The first-order chi connectivity index (χ1) is 6.12. The van der Waals surface area contributed by atoms with E-state index in [1.54, 1.807) is 34.6 Å². The van der Waals surface area contributed by atoms with Gasteiger partial charge in [0.2, 0.25) is 0 Å². The summed E-state index contributed by atoms with van der Waals surface area (Å²) in [6, 6.07) is -0.614. The standard InChI is InChI=1S/C10H21NO3/c1-6-7(8(12)13)11-9(2,3)10(4,5)14/h7,11,14H,6H2,1-5H3,(H,12,13). The molecule has 0 aromatic carbocycles. The van der Waals surface area contributed by atoms with E-state index in [0.29, 0.717) is 6.42 Å². The van der Waals surface area contributed by atoms with Gasteiger partial charge >= 0.3 is 5.97 Å². The Morgan fingerprint density at radius 3 is 2.00 bits per heavy atom. The Labute approximate surface area is 85.3 Å². The lowest BCUT2D eigenvalue weighted by Gasteiger charge is -2.40. The van der Waals surface area contributed by atoms with E-state index in [1.807, 2.05) is 0 Å². The molecule has 4 nitrogen and oxygen atoms in total. The molecule has 0 saturated carbocycles. The van der Waals surface area contributed by atoms with Gasteiger partial charge in [-0.15, -0.1) is 0 Å². The van der Waals surface area contributed by atoms with Crippen molar-refractivity contribution in [1.29, 1.82) is 0 Å². The quantitative estimate of drug-likeness (QED) is 0.623. The summed E-state index contributed by atoms with van der Waals surface area (Å²) in [5.41, 5.74) is -1.60. The Hall–Kier alpha value is -0.610. The summed E-state index contributed by atoms with van der Waals surface area (Å²) in [5, 5.41) is 21.6. The second kappa shape index (κ2) is 4.28. The summed E-state index contributed by atoms with van der Waals surface area (Å²) in [5.74, 6) is -0.884. The minimum atomic E-state index is -0.962. The zero-order chi connectivity index (χ0) is 11.6. The van der Waals surface area contributed by atoms with Crippen LogP contribution >= 0.6 is 0 Å². The summed E-state index contributed by atoms with van der Waals surface area (Å²) >= 11 is 0. The molecule has 0 radical (unpaired) electrons. The van der Waals surface area contributed by atoms with E-state index in [-0.39, 0.29) is 0 Å². The van der Waals surface area contributed by atoms with Crippen molar-refractivity contribution < 1.29 is 15.0 Å². The monoisotopic (exact) mass is 203 g/mol. The van der Waals surface area contributed by atoms with Gasteiger partial charge in [0.15, 0.2) is 0 Å². The van der Waals surface area contributed by atoms with Crippen LogP contribution in [0.4, 0.5) is 0 Å². The average Bonchev–Trinajstić information content (AvgIpc) is 1.97. The highest BCUT2D eigenvalue weighted by Gasteiger charge is 2.37. The molecule has 1 unspecified atom stereocenters. The van der Waals surface area contributed by atoms with Gasteiger partial charge in [0.05, 0.1) is 5.60 Å². The summed E-state index contributed by atoms with van der Waals surface area (Å²) < 4.78 is 0. The largest absolute Gasteiger partial charge is 0.480 e. The summed E-state index contributed by atoms with van der Waals surface area (Å²) in [7, 11) is 0. The van der Waals surface area contributed by atoms with Crippen molar-refractivity contribution in [2.24, 2.45) is 0 Å². The van der Waals surface area contributed by atoms with Crippen molar-refractivity contribution in [3.63, 3.8) is 0 Å². The minimum Gasteiger partial charge on any atom is -0.480 e. The molecule has 0 aromatic rings.